The summed E-state index contributed by atoms with van der Waals surface area (Å²) in [7, 11) is -3.78. The average Bonchev–Trinajstić information content (AvgIpc) is 2.89. The van der Waals surface area contributed by atoms with E-state index in [0.717, 1.165) is 30.4 Å². The molecule has 10 nitrogen and oxygen atoms in total. The van der Waals surface area contributed by atoms with E-state index < -0.39 is 27.5 Å². The van der Waals surface area contributed by atoms with Gasteiger partial charge in [0.05, 0.1) is 16.3 Å². The van der Waals surface area contributed by atoms with Crippen molar-refractivity contribution in [2.75, 3.05) is 19.7 Å². The first-order valence-electron chi connectivity index (χ1n) is 9.69. The molecule has 0 radical (unpaired) electrons. The Bertz CT molecular complexity index is 1050. The molecule has 2 aromatic rings. The number of hydrogen-bond acceptors (Lipinski definition) is 7. The zero-order valence-electron chi connectivity index (χ0n) is 16.9. The van der Waals surface area contributed by atoms with Crippen LogP contribution in [0.1, 0.15) is 41.9 Å². The Kier molecular flexibility index (Phi) is 6.52. The van der Waals surface area contributed by atoms with E-state index in [0.29, 0.717) is 13.1 Å². The number of benzene rings is 1. The Labute approximate surface area is 174 Å². The lowest BCUT2D eigenvalue weighted by molar-refractivity contribution is -0.385. The third-order valence-electron chi connectivity index (χ3n) is 5.04. The van der Waals surface area contributed by atoms with Crippen molar-refractivity contribution in [3.8, 4) is 5.75 Å². The SMILES string of the molecule is Cc1nn(C(=O)COc2ccccc2[N+](=O)[O-])c(C)c1S(=O)(=O)N1CCCCCC1. The summed E-state index contributed by atoms with van der Waals surface area (Å²) < 4.78 is 34.1. The highest BCUT2D eigenvalue weighted by Gasteiger charge is 2.32. The maximum Gasteiger partial charge on any atom is 0.310 e. The molecule has 2 heterocycles. The third-order valence-corrected chi connectivity index (χ3v) is 7.19. The average molecular weight is 436 g/mol. The first kappa shape index (κ1) is 21.9. The van der Waals surface area contributed by atoms with Crippen LogP contribution in [-0.2, 0) is 10.0 Å². The van der Waals surface area contributed by atoms with Gasteiger partial charge in [-0.15, -0.1) is 0 Å². The summed E-state index contributed by atoms with van der Waals surface area (Å²) in [6.07, 6.45) is 3.58. The molecule has 3 rings (SSSR count). The fraction of sp³-hybridized carbons (Fsp3) is 0.474. The fourth-order valence-corrected chi connectivity index (χ4v) is 5.46. The number of carbonyl (C=O) groups excluding carboxylic acids is 1. The molecule has 11 heteroatoms. The number of para-hydroxylation sites is 2. The molecular formula is C19H24N4O6S. The van der Waals surface area contributed by atoms with Crippen molar-refractivity contribution >= 4 is 21.6 Å². The lowest BCUT2D eigenvalue weighted by Crippen LogP contribution is -2.32. The van der Waals surface area contributed by atoms with Gasteiger partial charge in [0.2, 0.25) is 10.0 Å². The van der Waals surface area contributed by atoms with E-state index in [4.69, 9.17) is 4.74 Å². The first-order valence-corrected chi connectivity index (χ1v) is 11.1. The maximum atomic E-state index is 13.2. The molecule has 0 atom stereocenters. The quantitative estimate of drug-likeness (QED) is 0.503. The van der Waals surface area contributed by atoms with E-state index >= 15 is 0 Å². The molecule has 0 amide bonds. The van der Waals surface area contributed by atoms with Crippen LogP contribution < -0.4 is 4.74 Å². The minimum absolute atomic E-state index is 0.0310. The van der Waals surface area contributed by atoms with Gasteiger partial charge in [-0.05, 0) is 32.8 Å². The smallest absolute Gasteiger partial charge is 0.310 e. The van der Waals surface area contributed by atoms with Crippen molar-refractivity contribution in [1.82, 2.24) is 14.1 Å². The van der Waals surface area contributed by atoms with Crippen molar-refractivity contribution in [1.29, 1.82) is 0 Å². The number of nitro groups is 1. The van der Waals surface area contributed by atoms with E-state index in [1.54, 1.807) is 13.0 Å². The van der Waals surface area contributed by atoms with Gasteiger partial charge in [0.1, 0.15) is 4.90 Å². The van der Waals surface area contributed by atoms with Crippen LogP contribution in [0.25, 0.3) is 0 Å². The number of nitro benzene ring substituents is 1. The van der Waals surface area contributed by atoms with Gasteiger partial charge in [0.15, 0.2) is 12.4 Å². The lowest BCUT2D eigenvalue weighted by Gasteiger charge is -2.20. The summed E-state index contributed by atoms with van der Waals surface area (Å²) in [6, 6.07) is 5.71. The number of carbonyl (C=O) groups is 1. The summed E-state index contributed by atoms with van der Waals surface area (Å²) in [6.45, 7) is 3.44. The predicted molar refractivity (Wildman–Crippen MR) is 108 cm³/mol. The topological polar surface area (TPSA) is 125 Å². The standard InChI is InChI=1S/C19H24N4O6S/c1-14-19(30(27,28)21-11-7-3-4-8-12-21)15(2)22(20-14)18(24)13-29-17-10-6-5-9-16(17)23(25)26/h5-6,9-10H,3-4,7-8,11-13H2,1-2H3. The molecule has 1 aromatic heterocycles. The molecule has 0 unspecified atom stereocenters. The molecular weight excluding hydrogens is 412 g/mol. The number of aryl methyl sites for hydroxylation is 1. The molecule has 1 aromatic carbocycles. The van der Waals surface area contributed by atoms with Crippen LogP contribution in [0, 0.1) is 24.0 Å². The molecule has 0 spiro atoms. The van der Waals surface area contributed by atoms with Gasteiger partial charge in [0.25, 0.3) is 5.91 Å². The minimum atomic E-state index is -3.78. The number of rotatable bonds is 6. The highest BCUT2D eigenvalue weighted by atomic mass is 32.2. The molecule has 1 fully saturated rings. The van der Waals surface area contributed by atoms with Gasteiger partial charge in [-0.2, -0.15) is 9.40 Å². The number of aromatic nitrogens is 2. The maximum absolute atomic E-state index is 13.2. The van der Waals surface area contributed by atoms with Gasteiger partial charge < -0.3 is 4.74 Å². The Morgan fingerprint density at radius 3 is 2.43 bits per heavy atom. The van der Waals surface area contributed by atoms with E-state index in [1.807, 2.05) is 0 Å². The molecule has 1 saturated heterocycles. The van der Waals surface area contributed by atoms with Crippen molar-refractivity contribution in [3.63, 3.8) is 0 Å². The van der Waals surface area contributed by atoms with Crippen LogP contribution in [0.3, 0.4) is 0 Å². The summed E-state index contributed by atoms with van der Waals surface area (Å²) in [5.41, 5.74) is 0.173. The second kappa shape index (κ2) is 8.92. The van der Waals surface area contributed by atoms with Crippen molar-refractivity contribution in [2.45, 2.75) is 44.4 Å². The van der Waals surface area contributed by atoms with Crippen LogP contribution >= 0.6 is 0 Å². The second-order valence-corrected chi connectivity index (χ2v) is 9.01. The monoisotopic (exact) mass is 436 g/mol. The molecule has 0 aliphatic carbocycles. The van der Waals surface area contributed by atoms with E-state index in [2.05, 4.69) is 5.10 Å². The van der Waals surface area contributed by atoms with Gasteiger partial charge in [-0.3, -0.25) is 14.9 Å². The van der Waals surface area contributed by atoms with Gasteiger partial charge in [-0.1, -0.05) is 25.0 Å². The number of ether oxygens (including phenoxy) is 1. The van der Waals surface area contributed by atoms with Crippen molar-refractivity contribution < 1.29 is 22.9 Å². The molecule has 1 aliphatic heterocycles. The zero-order chi connectivity index (χ0) is 21.9. The summed E-state index contributed by atoms with van der Waals surface area (Å²) in [4.78, 5) is 23.1. The van der Waals surface area contributed by atoms with Crippen molar-refractivity contribution in [2.24, 2.45) is 0 Å². The molecule has 0 bridgehead atoms. The van der Waals surface area contributed by atoms with Crippen LogP contribution in [0.2, 0.25) is 0 Å². The minimum Gasteiger partial charge on any atom is -0.477 e. The van der Waals surface area contributed by atoms with E-state index in [9.17, 15) is 23.3 Å². The first-order chi connectivity index (χ1) is 14.2. The Morgan fingerprint density at radius 1 is 1.17 bits per heavy atom. The Balaban J connectivity index is 1.83. The van der Waals surface area contributed by atoms with Crippen LogP contribution in [0.15, 0.2) is 29.2 Å². The summed E-state index contributed by atoms with van der Waals surface area (Å²) >= 11 is 0. The molecule has 0 saturated carbocycles. The van der Waals surface area contributed by atoms with Gasteiger partial charge >= 0.3 is 5.69 Å². The number of hydrogen-bond donors (Lipinski definition) is 0. The molecule has 30 heavy (non-hydrogen) atoms. The Morgan fingerprint density at radius 2 is 1.80 bits per heavy atom. The van der Waals surface area contributed by atoms with E-state index in [-0.39, 0.29) is 27.7 Å². The highest BCUT2D eigenvalue weighted by Crippen LogP contribution is 2.27. The van der Waals surface area contributed by atoms with E-state index in [1.165, 1.54) is 29.4 Å². The van der Waals surface area contributed by atoms with Gasteiger partial charge in [0, 0.05) is 19.2 Å². The van der Waals surface area contributed by atoms with Crippen LogP contribution in [0.4, 0.5) is 5.69 Å². The summed E-state index contributed by atoms with van der Waals surface area (Å²) in [5.74, 6) is -0.666. The highest BCUT2D eigenvalue weighted by molar-refractivity contribution is 7.89. The normalized spacial score (nSPS) is 15.5. The van der Waals surface area contributed by atoms with Crippen molar-refractivity contribution in [3.05, 3.63) is 45.8 Å². The lowest BCUT2D eigenvalue weighted by atomic mass is 10.2. The zero-order valence-corrected chi connectivity index (χ0v) is 17.7. The van der Waals surface area contributed by atoms with Crippen LogP contribution in [-0.4, -0.2) is 53.0 Å². The molecule has 0 N–H and O–H groups in total. The largest absolute Gasteiger partial charge is 0.477 e. The van der Waals surface area contributed by atoms with Gasteiger partial charge in [-0.25, -0.2) is 13.1 Å². The molecule has 1 aliphatic rings. The predicted octanol–water partition coefficient (Wildman–Crippen LogP) is 2.69. The second-order valence-electron chi connectivity index (χ2n) is 7.14. The summed E-state index contributed by atoms with van der Waals surface area (Å²) in [5, 5.41) is 15.2. The van der Waals surface area contributed by atoms with Crippen LogP contribution in [0.5, 0.6) is 5.75 Å². The fourth-order valence-electron chi connectivity index (χ4n) is 3.59. The Hall–Kier alpha value is -2.79. The number of nitrogens with zero attached hydrogens (tertiary/aromatic N) is 4. The molecule has 162 valence electrons. The third kappa shape index (κ3) is 4.36. The number of sulfonamides is 1.